The maximum atomic E-state index is 12.4. The third-order valence-electron chi connectivity index (χ3n) is 4.67. The quantitative estimate of drug-likeness (QED) is 0.667. The summed E-state index contributed by atoms with van der Waals surface area (Å²) in [5.41, 5.74) is 1.42. The molecule has 0 unspecified atom stereocenters. The Morgan fingerprint density at radius 1 is 1.30 bits per heavy atom. The van der Waals surface area contributed by atoms with Gasteiger partial charge in [0.2, 0.25) is 5.58 Å². The Morgan fingerprint density at radius 3 is 2.70 bits per heavy atom. The lowest BCUT2D eigenvalue weighted by Gasteiger charge is -2.14. The van der Waals surface area contributed by atoms with E-state index in [0.29, 0.717) is 40.8 Å². The van der Waals surface area contributed by atoms with Crippen LogP contribution in [0.2, 0.25) is 0 Å². The number of aromatic nitrogens is 2. The Hall–Kier alpha value is -2.61. The molecule has 8 heteroatoms. The number of oxazole rings is 1. The summed E-state index contributed by atoms with van der Waals surface area (Å²) in [6.45, 7) is 2.25. The average molecular weight is 388 g/mol. The minimum atomic E-state index is -3.40. The minimum Gasteiger partial charge on any atom is -0.493 e. The van der Waals surface area contributed by atoms with E-state index in [2.05, 4.69) is 4.98 Å². The van der Waals surface area contributed by atoms with E-state index in [1.165, 1.54) is 10.6 Å². The number of fused-ring (bicyclic) bond motifs is 1. The molecule has 0 radical (unpaired) electrons. The summed E-state index contributed by atoms with van der Waals surface area (Å²) in [6.07, 6.45) is 5.08. The molecule has 1 saturated carbocycles. The summed E-state index contributed by atoms with van der Waals surface area (Å²) in [6, 6.07) is 4.77. The van der Waals surface area contributed by atoms with E-state index < -0.39 is 9.84 Å². The van der Waals surface area contributed by atoms with Crippen LogP contribution in [0.25, 0.3) is 22.2 Å². The SMILES string of the molecule is Cc1nc2c(-c3cc(S(C)(=O)=O)ccc3OCC3CC3)cn(C)c(=O)c2o1. The van der Waals surface area contributed by atoms with Crippen molar-refractivity contribution in [3.63, 3.8) is 0 Å². The lowest BCUT2D eigenvalue weighted by molar-refractivity contribution is 0.301. The number of ether oxygens (including phenoxy) is 1. The van der Waals surface area contributed by atoms with Crippen LogP contribution < -0.4 is 10.3 Å². The molecule has 2 heterocycles. The molecule has 1 fully saturated rings. The monoisotopic (exact) mass is 388 g/mol. The van der Waals surface area contributed by atoms with Crippen molar-refractivity contribution < 1.29 is 17.6 Å². The Balaban J connectivity index is 1.97. The maximum Gasteiger partial charge on any atom is 0.295 e. The van der Waals surface area contributed by atoms with Crippen LogP contribution in [0.5, 0.6) is 5.75 Å². The zero-order chi connectivity index (χ0) is 19.3. The minimum absolute atomic E-state index is 0.144. The lowest BCUT2D eigenvalue weighted by Crippen LogP contribution is -2.16. The molecule has 0 atom stereocenters. The van der Waals surface area contributed by atoms with Crippen LogP contribution in [0.1, 0.15) is 18.7 Å². The predicted octanol–water partition coefficient (Wildman–Crippen LogP) is 2.69. The van der Waals surface area contributed by atoms with Crippen LogP contribution in [-0.4, -0.2) is 30.8 Å². The third kappa shape index (κ3) is 3.37. The van der Waals surface area contributed by atoms with Gasteiger partial charge in [-0.05, 0) is 37.0 Å². The number of benzene rings is 1. The molecule has 27 heavy (non-hydrogen) atoms. The van der Waals surface area contributed by atoms with Gasteiger partial charge in [-0.15, -0.1) is 0 Å². The first-order valence-corrected chi connectivity index (χ1v) is 10.6. The molecule has 2 aromatic heterocycles. The largest absolute Gasteiger partial charge is 0.493 e. The first-order valence-electron chi connectivity index (χ1n) is 8.68. The summed E-state index contributed by atoms with van der Waals surface area (Å²) in [5.74, 6) is 1.48. The normalized spacial score (nSPS) is 14.6. The van der Waals surface area contributed by atoms with Gasteiger partial charge in [0.1, 0.15) is 11.3 Å². The second-order valence-electron chi connectivity index (χ2n) is 7.05. The molecule has 3 aromatic rings. The van der Waals surface area contributed by atoms with E-state index in [1.54, 1.807) is 32.3 Å². The van der Waals surface area contributed by atoms with Gasteiger partial charge in [-0.25, -0.2) is 13.4 Å². The highest BCUT2D eigenvalue weighted by Crippen LogP contribution is 2.37. The molecular formula is C19H20N2O5S. The van der Waals surface area contributed by atoms with Gasteiger partial charge >= 0.3 is 0 Å². The fraction of sp³-hybridized carbons (Fsp3) is 0.368. The smallest absolute Gasteiger partial charge is 0.295 e. The summed E-state index contributed by atoms with van der Waals surface area (Å²) in [5, 5.41) is 0. The number of pyridine rings is 1. The Bertz CT molecular complexity index is 1200. The molecule has 0 spiro atoms. The summed E-state index contributed by atoms with van der Waals surface area (Å²) in [4.78, 5) is 16.9. The van der Waals surface area contributed by atoms with E-state index in [-0.39, 0.29) is 16.0 Å². The van der Waals surface area contributed by atoms with Gasteiger partial charge in [-0.3, -0.25) is 4.79 Å². The van der Waals surface area contributed by atoms with E-state index in [0.717, 1.165) is 19.1 Å². The number of sulfone groups is 1. The molecule has 1 aromatic carbocycles. The van der Waals surface area contributed by atoms with Crippen molar-refractivity contribution in [2.45, 2.75) is 24.7 Å². The fourth-order valence-corrected chi connectivity index (χ4v) is 3.64. The second-order valence-corrected chi connectivity index (χ2v) is 9.07. The van der Waals surface area contributed by atoms with Gasteiger partial charge < -0.3 is 13.7 Å². The molecule has 0 N–H and O–H groups in total. The molecule has 0 amide bonds. The molecule has 0 saturated heterocycles. The van der Waals surface area contributed by atoms with Gasteiger partial charge in [0.15, 0.2) is 15.7 Å². The maximum absolute atomic E-state index is 12.4. The van der Waals surface area contributed by atoms with Crippen LogP contribution in [0.15, 0.2) is 38.5 Å². The Kier molecular flexibility index (Phi) is 4.10. The van der Waals surface area contributed by atoms with Gasteiger partial charge in [-0.2, -0.15) is 0 Å². The number of hydrogen-bond donors (Lipinski definition) is 0. The standard InChI is InChI=1S/C19H20N2O5S/c1-11-20-17-15(9-21(2)19(22)18(17)26-11)14-8-13(27(3,23)24)6-7-16(14)25-10-12-4-5-12/h6-9,12H,4-5,10H2,1-3H3. The number of hydrogen-bond acceptors (Lipinski definition) is 6. The van der Waals surface area contributed by atoms with Gasteiger partial charge in [0, 0.05) is 37.6 Å². The van der Waals surface area contributed by atoms with Crippen molar-refractivity contribution >= 4 is 20.9 Å². The highest BCUT2D eigenvalue weighted by Gasteiger charge is 2.24. The third-order valence-corrected chi connectivity index (χ3v) is 5.78. The Labute approximate surface area is 156 Å². The summed E-state index contributed by atoms with van der Waals surface area (Å²) < 4.78 is 37.0. The molecule has 4 rings (SSSR count). The van der Waals surface area contributed by atoms with E-state index in [1.807, 2.05) is 0 Å². The van der Waals surface area contributed by atoms with Gasteiger partial charge in [-0.1, -0.05) is 0 Å². The van der Waals surface area contributed by atoms with Crippen molar-refractivity contribution in [2.24, 2.45) is 13.0 Å². The van der Waals surface area contributed by atoms with Crippen LogP contribution in [0, 0.1) is 12.8 Å². The highest BCUT2D eigenvalue weighted by atomic mass is 32.2. The van der Waals surface area contributed by atoms with Crippen molar-refractivity contribution in [1.82, 2.24) is 9.55 Å². The van der Waals surface area contributed by atoms with Gasteiger partial charge in [0.25, 0.3) is 5.56 Å². The van der Waals surface area contributed by atoms with Crippen molar-refractivity contribution in [2.75, 3.05) is 12.9 Å². The summed E-state index contributed by atoms with van der Waals surface area (Å²) >= 11 is 0. The van der Waals surface area contributed by atoms with Crippen molar-refractivity contribution in [3.8, 4) is 16.9 Å². The second kappa shape index (κ2) is 6.23. The van der Waals surface area contributed by atoms with Crippen molar-refractivity contribution in [3.05, 3.63) is 40.6 Å². The van der Waals surface area contributed by atoms with Crippen LogP contribution in [0.3, 0.4) is 0 Å². The number of aryl methyl sites for hydroxylation is 2. The van der Waals surface area contributed by atoms with E-state index >= 15 is 0 Å². The molecule has 7 nitrogen and oxygen atoms in total. The predicted molar refractivity (Wildman–Crippen MR) is 101 cm³/mol. The lowest BCUT2D eigenvalue weighted by atomic mass is 10.1. The van der Waals surface area contributed by atoms with Gasteiger partial charge in [0.05, 0.1) is 11.5 Å². The van der Waals surface area contributed by atoms with Crippen LogP contribution >= 0.6 is 0 Å². The topological polar surface area (TPSA) is 91.4 Å². The fourth-order valence-electron chi connectivity index (χ4n) is 2.99. The zero-order valence-electron chi connectivity index (χ0n) is 15.4. The molecular weight excluding hydrogens is 368 g/mol. The molecule has 0 aliphatic heterocycles. The molecule has 142 valence electrons. The highest BCUT2D eigenvalue weighted by molar-refractivity contribution is 7.90. The first kappa shape index (κ1) is 17.8. The van der Waals surface area contributed by atoms with E-state index in [4.69, 9.17) is 9.15 Å². The number of nitrogens with zero attached hydrogens (tertiary/aromatic N) is 2. The zero-order valence-corrected chi connectivity index (χ0v) is 16.2. The van der Waals surface area contributed by atoms with E-state index in [9.17, 15) is 13.2 Å². The number of rotatable bonds is 5. The summed E-state index contributed by atoms with van der Waals surface area (Å²) in [7, 11) is -1.78. The molecule has 1 aliphatic carbocycles. The average Bonchev–Trinajstić information content (AvgIpc) is 3.35. The van der Waals surface area contributed by atoms with Crippen LogP contribution in [0.4, 0.5) is 0 Å². The molecule has 0 bridgehead atoms. The molecule has 1 aliphatic rings. The Morgan fingerprint density at radius 2 is 2.04 bits per heavy atom. The first-order chi connectivity index (χ1) is 12.7. The van der Waals surface area contributed by atoms with Crippen molar-refractivity contribution in [1.29, 1.82) is 0 Å². The van der Waals surface area contributed by atoms with Crippen LogP contribution in [-0.2, 0) is 16.9 Å².